The first-order chi connectivity index (χ1) is 10.0. The first-order valence-corrected chi connectivity index (χ1v) is 6.59. The van der Waals surface area contributed by atoms with Gasteiger partial charge in [0.25, 0.3) is 5.69 Å². The molecule has 0 saturated carbocycles. The van der Waals surface area contributed by atoms with E-state index >= 15 is 0 Å². The molecule has 21 heavy (non-hydrogen) atoms. The molecule has 1 unspecified atom stereocenters. The number of anilines is 1. The molecular weight excluding hydrogens is 290 g/mol. The van der Waals surface area contributed by atoms with Crippen molar-refractivity contribution in [2.75, 3.05) is 5.32 Å². The highest BCUT2D eigenvalue weighted by atomic mass is 35.5. The van der Waals surface area contributed by atoms with Crippen molar-refractivity contribution in [2.45, 2.75) is 13.0 Å². The van der Waals surface area contributed by atoms with Crippen LogP contribution in [0, 0.1) is 21.4 Å². The van der Waals surface area contributed by atoms with Gasteiger partial charge in [0.2, 0.25) is 0 Å². The predicted octanol–water partition coefficient (Wildman–Crippen LogP) is 4.29. The zero-order chi connectivity index (χ0) is 15.4. The van der Waals surface area contributed by atoms with Gasteiger partial charge in [0.15, 0.2) is 0 Å². The van der Waals surface area contributed by atoms with Gasteiger partial charge in [-0.25, -0.2) is 0 Å². The second kappa shape index (κ2) is 6.25. The Morgan fingerprint density at radius 2 is 2.10 bits per heavy atom. The van der Waals surface area contributed by atoms with Gasteiger partial charge in [-0.05, 0) is 30.7 Å². The minimum atomic E-state index is -0.422. The lowest BCUT2D eigenvalue weighted by atomic mass is 10.1. The van der Waals surface area contributed by atoms with Crippen LogP contribution >= 0.6 is 11.6 Å². The van der Waals surface area contributed by atoms with Crippen molar-refractivity contribution in [3.05, 3.63) is 68.7 Å². The number of nitrogens with zero attached hydrogens (tertiary/aromatic N) is 2. The largest absolute Gasteiger partial charge is 0.378 e. The molecule has 0 spiro atoms. The highest BCUT2D eigenvalue weighted by Crippen LogP contribution is 2.25. The first kappa shape index (κ1) is 14.8. The number of nitro groups is 1. The molecule has 0 aromatic heterocycles. The van der Waals surface area contributed by atoms with E-state index in [0.29, 0.717) is 10.6 Å². The Bertz CT molecular complexity index is 725. The van der Waals surface area contributed by atoms with Crippen LogP contribution < -0.4 is 5.32 Å². The van der Waals surface area contributed by atoms with E-state index in [1.165, 1.54) is 12.1 Å². The third-order valence-corrected chi connectivity index (χ3v) is 3.37. The van der Waals surface area contributed by atoms with E-state index in [4.69, 9.17) is 16.9 Å². The van der Waals surface area contributed by atoms with Crippen LogP contribution in [0.5, 0.6) is 0 Å². The minimum Gasteiger partial charge on any atom is -0.378 e. The molecule has 0 radical (unpaired) electrons. The second-order valence-corrected chi connectivity index (χ2v) is 4.93. The quantitative estimate of drug-likeness (QED) is 0.674. The van der Waals surface area contributed by atoms with Gasteiger partial charge < -0.3 is 5.32 Å². The molecule has 6 heteroatoms. The molecule has 0 amide bonds. The standard InChI is InChI=1S/C15H12ClN3O2/c1-10(11-3-2-4-14(7-11)19(20)21)18-13-6-5-12(9-17)15(16)8-13/h2-8,10,18H,1H3. The number of hydrogen-bond donors (Lipinski definition) is 1. The van der Waals surface area contributed by atoms with Gasteiger partial charge in [-0.2, -0.15) is 5.26 Å². The maximum absolute atomic E-state index is 10.8. The fraction of sp³-hybridized carbons (Fsp3) is 0.133. The average molecular weight is 302 g/mol. The summed E-state index contributed by atoms with van der Waals surface area (Å²) in [5, 5.41) is 23.2. The zero-order valence-electron chi connectivity index (χ0n) is 11.2. The third kappa shape index (κ3) is 3.50. The van der Waals surface area contributed by atoms with E-state index in [-0.39, 0.29) is 11.7 Å². The monoisotopic (exact) mass is 301 g/mol. The Morgan fingerprint density at radius 3 is 2.71 bits per heavy atom. The molecule has 5 nitrogen and oxygen atoms in total. The summed E-state index contributed by atoms with van der Waals surface area (Å²) in [4.78, 5) is 10.4. The van der Waals surface area contributed by atoms with E-state index in [9.17, 15) is 10.1 Å². The Hall–Kier alpha value is -2.58. The number of nitriles is 1. The average Bonchev–Trinajstić information content (AvgIpc) is 2.47. The number of hydrogen-bond acceptors (Lipinski definition) is 4. The van der Waals surface area contributed by atoms with Crippen LogP contribution in [0.2, 0.25) is 5.02 Å². The molecule has 106 valence electrons. The highest BCUT2D eigenvalue weighted by molar-refractivity contribution is 6.32. The van der Waals surface area contributed by atoms with Gasteiger partial charge in [0, 0.05) is 23.9 Å². The van der Waals surface area contributed by atoms with Crippen LogP contribution in [0.4, 0.5) is 11.4 Å². The molecule has 0 heterocycles. The van der Waals surface area contributed by atoms with Gasteiger partial charge >= 0.3 is 0 Å². The van der Waals surface area contributed by atoms with Crippen molar-refractivity contribution in [1.82, 2.24) is 0 Å². The first-order valence-electron chi connectivity index (χ1n) is 6.22. The van der Waals surface area contributed by atoms with Crippen LogP contribution in [0.3, 0.4) is 0 Å². The van der Waals surface area contributed by atoms with E-state index in [1.54, 1.807) is 24.3 Å². The van der Waals surface area contributed by atoms with Crippen molar-refractivity contribution >= 4 is 23.0 Å². The summed E-state index contributed by atoms with van der Waals surface area (Å²) in [6.45, 7) is 1.89. The SMILES string of the molecule is CC(Nc1ccc(C#N)c(Cl)c1)c1cccc([N+](=O)[O-])c1. The molecule has 1 N–H and O–H groups in total. The van der Waals surface area contributed by atoms with Crippen LogP contribution in [0.1, 0.15) is 24.1 Å². The summed E-state index contributed by atoms with van der Waals surface area (Å²) in [6, 6.07) is 13.4. The number of benzene rings is 2. The normalized spacial score (nSPS) is 11.5. The number of nitrogens with one attached hydrogen (secondary N) is 1. The third-order valence-electron chi connectivity index (χ3n) is 3.05. The number of non-ortho nitro benzene ring substituents is 1. The van der Waals surface area contributed by atoms with Gasteiger partial charge in [-0.3, -0.25) is 10.1 Å². The topological polar surface area (TPSA) is 79.0 Å². The van der Waals surface area contributed by atoms with Crippen molar-refractivity contribution in [1.29, 1.82) is 5.26 Å². The lowest BCUT2D eigenvalue weighted by molar-refractivity contribution is -0.384. The molecule has 0 fully saturated rings. The van der Waals surface area contributed by atoms with Crippen molar-refractivity contribution < 1.29 is 4.92 Å². The van der Waals surface area contributed by atoms with Gasteiger partial charge in [-0.1, -0.05) is 23.7 Å². The van der Waals surface area contributed by atoms with Crippen molar-refractivity contribution in [3.8, 4) is 6.07 Å². The van der Waals surface area contributed by atoms with E-state index in [0.717, 1.165) is 11.3 Å². The van der Waals surface area contributed by atoms with Gasteiger partial charge in [-0.15, -0.1) is 0 Å². The molecule has 0 bridgehead atoms. The summed E-state index contributed by atoms with van der Waals surface area (Å²) < 4.78 is 0. The molecule has 0 aliphatic heterocycles. The summed E-state index contributed by atoms with van der Waals surface area (Å²) in [5.74, 6) is 0. The summed E-state index contributed by atoms with van der Waals surface area (Å²) in [7, 11) is 0. The van der Waals surface area contributed by atoms with Crippen molar-refractivity contribution in [3.63, 3.8) is 0 Å². The number of rotatable bonds is 4. The zero-order valence-corrected chi connectivity index (χ0v) is 12.0. The fourth-order valence-electron chi connectivity index (χ4n) is 1.94. The summed E-state index contributed by atoms with van der Waals surface area (Å²) in [5.41, 5.74) is 2.01. The maximum Gasteiger partial charge on any atom is 0.269 e. The molecule has 2 aromatic carbocycles. The molecule has 0 saturated heterocycles. The van der Waals surface area contributed by atoms with E-state index in [2.05, 4.69) is 5.32 Å². The Balaban J connectivity index is 2.20. The predicted molar refractivity (Wildman–Crippen MR) is 81.3 cm³/mol. The van der Waals surface area contributed by atoms with Crippen molar-refractivity contribution in [2.24, 2.45) is 0 Å². The van der Waals surface area contributed by atoms with Crippen LogP contribution in [0.15, 0.2) is 42.5 Å². The fourth-order valence-corrected chi connectivity index (χ4v) is 2.16. The Labute approximate surface area is 126 Å². The van der Waals surface area contributed by atoms with E-state index < -0.39 is 4.92 Å². The molecule has 2 rings (SSSR count). The molecule has 2 aromatic rings. The van der Waals surface area contributed by atoms with Crippen LogP contribution in [-0.4, -0.2) is 4.92 Å². The number of halogens is 1. The lowest BCUT2D eigenvalue weighted by Gasteiger charge is -2.16. The second-order valence-electron chi connectivity index (χ2n) is 4.52. The number of nitro benzene ring substituents is 1. The minimum absolute atomic E-state index is 0.0546. The van der Waals surface area contributed by atoms with Crippen LogP contribution in [-0.2, 0) is 0 Å². The van der Waals surface area contributed by atoms with E-state index in [1.807, 2.05) is 19.1 Å². The van der Waals surface area contributed by atoms with Crippen LogP contribution in [0.25, 0.3) is 0 Å². The molecule has 0 aliphatic carbocycles. The maximum atomic E-state index is 10.8. The highest BCUT2D eigenvalue weighted by Gasteiger charge is 2.11. The Morgan fingerprint density at radius 1 is 1.33 bits per heavy atom. The smallest absolute Gasteiger partial charge is 0.269 e. The summed E-state index contributed by atoms with van der Waals surface area (Å²) >= 11 is 5.97. The molecular formula is C15H12ClN3O2. The Kier molecular flexibility index (Phi) is 4.41. The summed E-state index contributed by atoms with van der Waals surface area (Å²) in [6.07, 6.45) is 0. The van der Waals surface area contributed by atoms with Gasteiger partial charge in [0.1, 0.15) is 6.07 Å². The molecule has 1 atom stereocenters. The molecule has 0 aliphatic rings. The van der Waals surface area contributed by atoms with Gasteiger partial charge in [0.05, 0.1) is 15.5 Å². The lowest BCUT2D eigenvalue weighted by Crippen LogP contribution is -2.07.